The Hall–Kier alpha value is -3.59. The lowest BCUT2D eigenvalue weighted by atomic mass is 10.2. The number of benzene rings is 2. The van der Waals surface area contributed by atoms with Crippen molar-refractivity contribution < 1.29 is 18.9 Å². The van der Waals surface area contributed by atoms with Gasteiger partial charge in [-0.1, -0.05) is 23.5 Å². The molecule has 4 rings (SSSR count). The fraction of sp³-hybridized carbons (Fsp3) is 0.190. The molecule has 0 aliphatic carbocycles. The highest BCUT2D eigenvalue weighted by atomic mass is 32.1. The minimum atomic E-state index is -0.251. The third-order valence-corrected chi connectivity index (χ3v) is 5.50. The van der Waals surface area contributed by atoms with Crippen LogP contribution in [0.4, 0.5) is 0 Å². The lowest BCUT2D eigenvalue weighted by Crippen LogP contribution is -2.23. The van der Waals surface area contributed by atoms with Crippen LogP contribution in [-0.4, -0.2) is 43.0 Å². The van der Waals surface area contributed by atoms with E-state index < -0.39 is 0 Å². The number of methoxy groups -OCH3 is 4. The molecular weight excluding hydrogens is 406 g/mol. The van der Waals surface area contributed by atoms with Gasteiger partial charge in [-0.2, -0.15) is 9.50 Å². The molecule has 0 atom stereocenters. The average Bonchev–Trinajstić information content (AvgIpc) is 3.32. The topological polar surface area (TPSA) is 84.2 Å². The van der Waals surface area contributed by atoms with E-state index in [9.17, 15) is 4.79 Å². The molecule has 154 valence electrons. The molecule has 2 aromatic heterocycles. The fourth-order valence-corrected chi connectivity index (χ4v) is 4.00. The van der Waals surface area contributed by atoms with Crippen molar-refractivity contribution in [3.63, 3.8) is 0 Å². The molecule has 0 spiro atoms. The van der Waals surface area contributed by atoms with Crippen molar-refractivity contribution in [2.75, 3.05) is 28.4 Å². The van der Waals surface area contributed by atoms with Crippen LogP contribution >= 0.6 is 11.3 Å². The number of para-hydroxylation sites is 1. The Labute approximate surface area is 175 Å². The minimum absolute atomic E-state index is 0.251. The van der Waals surface area contributed by atoms with E-state index in [-0.39, 0.29) is 5.56 Å². The van der Waals surface area contributed by atoms with Gasteiger partial charge in [0, 0.05) is 11.1 Å². The number of ether oxygens (including phenoxy) is 4. The molecule has 8 nitrogen and oxygen atoms in total. The number of fused-ring (bicyclic) bond motifs is 1. The molecule has 30 heavy (non-hydrogen) atoms. The zero-order valence-electron chi connectivity index (χ0n) is 16.8. The van der Waals surface area contributed by atoms with Crippen LogP contribution < -0.4 is 29.0 Å². The van der Waals surface area contributed by atoms with Gasteiger partial charge in [0.1, 0.15) is 0 Å². The van der Waals surface area contributed by atoms with Gasteiger partial charge in [-0.3, -0.25) is 4.79 Å². The van der Waals surface area contributed by atoms with E-state index in [2.05, 4.69) is 10.1 Å². The molecule has 2 heterocycles. The molecule has 0 fully saturated rings. The smallest absolute Gasteiger partial charge is 0.291 e. The summed E-state index contributed by atoms with van der Waals surface area (Å²) in [4.78, 5) is 17.9. The maximum Gasteiger partial charge on any atom is 0.291 e. The lowest BCUT2D eigenvalue weighted by molar-refractivity contribution is 0.354. The van der Waals surface area contributed by atoms with E-state index in [0.717, 1.165) is 11.1 Å². The van der Waals surface area contributed by atoms with Crippen LogP contribution in [0.5, 0.6) is 23.0 Å². The van der Waals surface area contributed by atoms with E-state index in [4.69, 9.17) is 18.9 Å². The van der Waals surface area contributed by atoms with Gasteiger partial charge in [0.25, 0.3) is 5.56 Å². The molecule has 0 saturated carbocycles. The SMILES string of the molecule is COc1ccc(-c2nc3s/c(=C\c4cccc(OC)c4OC)c(=O)n3n2)cc1OC. The minimum Gasteiger partial charge on any atom is -0.493 e. The Morgan fingerprint density at radius 1 is 0.933 bits per heavy atom. The molecule has 9 heteroatoms. The summed E-state index contributed by atoms with van der Waals surface area (Å²) in [6.45, 7) is 0. The largest absolute Gasteiger partial charge is 0.493 e. The van der Waals surface area contributed by atoms with Crippen molar-refractivity contribution in [3.05, 3.63) is 56.8 Å². The van der Waals surface area contributed by atoms with Crippen molar-refractivity contribution in [3.8, 4) is 34.4 Å². The van der Waals surface area contributed by atoms with Gasteiger partial charge in [0.15, 0.2) is 28.8 Å². The molecule has 0 N–H and O–H groups in total. The Balaban J connectivity index is 1.79. The van der Waals surface area contributed by atoms with E-state index in [1.165, 1.54) is 15.9 Å². The summed E-state index contributed by atoms with van der Waals surface area (Å²) in [6.07, 6.45) is 1.75. The number of thiazole rings is 1. The maximum atomic E-state index is 12.9. The molecule has 2 aromatic carbocycles. The average molecular weight is 425 g/mol. The van der Waals surface area contributed by atoms with Crippen molar-refractivity contribution in [2.24, 2.45) is 0 Å². The van der Waals surface area contributed by atoms with Gasteiger partial charge >= 0.3 is 0 Å². The summed E-state index contributed by atoms with van der Waals surface area (Å²) in [6, 6.07) is 10.9. The fourth-order valence-electron chi connectivity index (χ4n) is 3.10. The lowest BCUT2D eigenvalue weighted by Gasteiger charge is -2.09. The third-order valence-electron chi connectivity index (χ3n) is 4.54. The highest BCUT2D eigenvalue weighted by Gasteiger charge is 2.15. The summed E-state index contributed by atoms with van der Waals surface area (Å²) in [5.74, 6) is 2.76. The zero-order valence-corrected chi connectivity index (χ0v) is 17.6. The second kappa shape index (κ2) is 8.03. The molecule has 0 aliphatic rings. The number of nitrogens with zero attached hydrogens (tertiary/aromatic N) is 3. The van der Waals surface area contributed by atoms with Crippen LogP contribution in [0.3, 0.4) is 0 Å². The van der Waals surface area contributed by atoms with Gasteiger partial charge < -0.3 is 18.9 Å². The number of aromatic nitrogens is 3. The molecule has 0 unspecified atom stereocenters. The molecule has 0 radical (unpaired) electrons. The molecular formula is C21H19N3O5S. The Kier molecular flexibility index (Phi) is 5.28. The van der Waals surface area contributed by atoms with Gasteiger partial charge in [0.05, 0.1) is 33.0 Å². The standard InChI is InChI=1S/C21H19N3O5S/c1-26-14-9-8-13(10-16(14)28-3)19-22-21-24(23-19)20(25)17(30-21)11-12-6-5-7-15(27-2)18(12)29-4/h5-11H,1-4H3/b17-11-. The van der Waals surface area contributed by atoms with Crippen LogP contribution in [0.1, 0.15) is 5.56 Å². The number of hydrogen-bond donors (Lipinski definition) is 0. The Morgan fingerprint density at radius 3 is 2.37 bits per heavy atom. The summed E-state index contributed by atoms with van der Waals surface area (Å²) >= 11 is 1.25. The van der Waals surface area contributed by atoms with Gasteiger partial charge in [-0.05, 0) is 30.3 Å². The second-order valence-electron chi connectivity index (χ2n) is 6.20. The summed E-state index contributed by atoms with van der Waals surface area (Å²) in [7, 11) is 6.26. The van der Waals surface area contributed by atoms with Crippen LogP contribution in [0, 0.1) is 0 Å². The summed E-state index contributed by atoms with van der Waals surface area (Å²) in [5.41, 5.74) is 1.21. The van der Waals surface area contributed by atoms with E-state index in [1.54, 1.807) is 52.7 Å². The number of hydrogen-bond acceptors (Lipinski definition) is 8. The van der Waals surface area contributed by atoms with Crippen LogP contribution in [-0.2, 0) is 0 Å². The first kappa shape index (κ1) is 19.7. The first-order valence-corrected chi connectivity index (χ1v) is 9.76. The first-order chi connectivity index (χ1) is 14.6. The van der Waals surface area contributed by atoms with Gasteiger partial charge in [0.2, 0.25) is 4.96 Å². The highest BCUT2D eigenvalue weighted by Crippen LogP contribution is 2.32. The Morgan fingerprint density at radius 2 is 1.70 bits per heavy atom. The molecule has 0 bridgehead atoms. The molecule has 0 aliphatic heterocycles. The van der Waals surface area contributed by atoms with Crippen LogP contribution in [0.2, 0.25) is 0 Å². The monoisotopic (exact) mass is 425 g/mol. The van der Waals surface area contributed by atoms with E-state index in [0.29, 0.717) is 38.3 Å². The predicted octanol–water partition coefficient (Wildman–Crippen LogP) is 2.40. The van der Waals surface area contributed by atoms with Crippen LogP contribution in [0.25, 0.3) is 22.4 Å². The van der Waals surface area contributed by atoms with E-state index >= 15 is 0 Å². The maximum absolute atomic E-state index is 12.9. The summed E-state index contributed by atoms with van der Waals surface area (Å²) < 4.78 is 23.1. The molecule has 0 amide bonds. The van der Waals surface area contributed by atoms with Crippen molar-refractivity contribution >= 4 is 22.4 Å². The quantitative estimate of drug-likeness (QED) is 0.469. The van der Waals surface area contributed by atoms with E-state index in [1.807, 2.05) is 18.2 Å². The number of rotatable bonds is 6. The van der Waals surface area contributed by atoms with Crippen molar-refractivity contribution in [1.82, 2.24) is 14.6 Å². The summed E-state index contributed by atoms with van der Waals surface area (Å²) in [5, 5.41) is 4.38. The normalized spacial score (nSPS) is 11.7. The highest BCUT2D eigenvalue weighted by molar-refractivity contribution is 7.15. The third kappa shape index (κ3) is 3.33. The first-order valence-electron chi connectivity index (χ1n) is 8.94. The van der Waals surface area contributed by atoms with Crippen molar-refractivity contribution in [2.45, 2.75) is 0 Å². The van der Waals surface area contributed by atoms with Crippen molar-refractivity contribution in [1.29, 1.82) is 0 Å². The Bertz CT molecular complexity index is 1330. The zero-order chi connectivity index (χ0) is 21.3. The van der Waals surface area contributed by atoms with Gasteiger partial charge in [-0.25, -0.2) is 0 Å². The van der Waals surface area contributed by atoms with Crippen LogP contribution in [0.15, 0.2) is 41.2 Å². The predicted molar refractivity (Wildman–Crippen MR) is 114 cm³/mol. The molecule has 0 saturated heterocycles. The molecule has 4 aromatic rings. The second-order valence-corrected chi connectivity index (χ2v) is 7.21. The van der Waals surface area contributed by atoms with Gasteiger partial charge in [-0.15, -0.1) is 5.10 Å².